The van der Waals surface area contributed by atoms with E-state index in [1.165, 1.54) is 12.8 Å². The van der Waals surface area contributed by atoms with Crippen LogP contribution < -0.4 is 5.32 Å². The number of thioether (sulfide) groups is 1. The van der Waals surface area contributed by atoms with Gasteiger partial charge in [-0.25, -0.2) is 0 Å². The first-order valence-corrected chi connectivity index (χ1v) is 6.87. The number of alkyl halides is 3. The van der Waals surface area contributed by atoms with Crippen molar-refractivity contribution < 1.29 is 13.2 Å². The maximum atomic E-state index is 12.1. The summed E-state index contributed by atoms with van der Waals surface area (Å²) in [5.74, 6) is 0.203. The fourth-order valence-corrected chi connectivity index (χ4v) is 3.18. The Hall–Kier alpha value is 0.100. The van der Waals surface area contributed by atoms with Crippen molar-refractivity contribution in [2.24, 2.45) is 5.41 Å². The predicted octanol–water partition coefficient (Wildman–Crippen LogP) is 3.80. The second-order valence-corrected chi connectivity index (χ2v) is 5.69. The van der Waals surface area contributed by atoms with Crippen LogP contribution in [0.2, 0.25) is 0 Å². The highest BCUT2D eigenvalue weighted by Crippen LogP contribution is 2.43. The number of nitrogens with one attached hydrogen (secondary N) is 1. The van der Waals surface area contributed by atoms with Crippen LogP contribution in [0.3, 0.4) is 0 Å². The maximum Gasteiger partial charge on any atom is 0.441 e. The van der Waals surface area contributed by atoms with E-state index in [0.29, 0.717) is 6.42 Å². The van der Waals surface area contributed by atoms with Crippen molar-refractivity contribution in [3.8, 4) is 0 Å². The minimum atomic E-state index is -4.07. The van der Waals surface area contributed by atoms with Gasteiger partial charge in [-0.2, -0.15) is 13.2 Å². The molecule has 16 heavy (non-hydrogen) atoms. The van der Waals surface area contributed by atoms with E-state index in [1.54, 1.807) is 0 Å². The molecule has 0 aromatic heterocycles. The molecular formula is C11H20F3NS. The van der Waals surface area contributed by atoms with E-state index in [-0.39, 0.29) is 22.9 Å². The highest BCUT2D eigenvalue weighted by molar-refractivity contribution is 8.00. The monoisotopic (exact) mass is 255 g/mol. The highest BCUT2D eigenvalue weighted by atomic mass is 32.2. The van der Waals surface area contributed by atoms with Crippen molar-refractivity contribution in [2.45, 2.75) is 44.5 Å². The second kappa shape index (κ2) is 6.15. The van der Waals surface area contributed by atoms with Gasteiger partial charge in [-0.1, -0.05) is 31.5 Å². The Morgan fingerprint density at radius 2 is 1.88 bits per heavy atom. The molecule has 1 N–H and O–H groups in total. The van der Waals surface area contributed by atoms with Crippen LogP contribution in [0.15, 0.2) is 0 Å². The molecule has 0 unspecified atom stereocenters. The molecule has 1 fully saturated rings. The molecule has 5 heteroatoms. The molecule has 1 aliphatic rings. The lowest BCUT2D eigenvalue weighted by Gasteiger charge is -2.29. The number of rotatable bonds is 6. The van der Waals surface area contributed by atoms with Gasteiger partial charge in [-0.15, -0.1) is 0 Å². The molecule has 0 amide bonds. The van der Waals surface area contributed by atoms with Crippen molar-refractivity contribution in [1.29, 1.82) is 0 Å². The number of hydrogen-bond acceptors (Lipinski definition) is 2. The van der Waals surface area contributed by atoms with Gasteiger partial charge in [-0.05, 0) is 31.2 Å². The Kier molecular flexibility index (Phi) is 5.44. The minimum absolute atomic E-state index is 0.125. The third kappa shape index (κ3) is 4.95. The summed E-state index contributed by atoms with van der Waals surface area (Å²) in [5.41, 5.74) is -3.94. The van der Waals surface area contributed by atoms with Gasteiger partial charge in [0.15, 0.2) is 0 Å². The van der Waals surface area contributed by atoms with Gasteiger partial charge in [0.1, 0.15) is 0 Å². The van der Waals surface area contributed by atoms with E-state index >= 15 is 0 Å². The van der Waals surface area contributed by atoms with Crippen molar-refractivity contribution in [1.82, 2.24) is 5.32 Å². The lowest BCUT2D eigenvalue weighted by molar-refractivity contribution is -0.0329. The third-order valence-corrected chi connectivity index (χ3v) is 4.05. The van der Waals surface area contributed by atoms with Gasteiger partial charge in [0, 0.05) is 12.3 Å². The molecule has 0 aliphatic heterocycles. The van der Waals surface area contributed by atoms with Gasteiger partial charge in [-0.3, -0.25) is 0 Å². The van der Waals surface area contributed by atoms with Crippen molar-refractivity contribution >= 4 is 11.8 Å². The molecule has 0 radical (unpaired) electrons. The molecule has 1 nitrogen and oxygen atoms in total. The Morgan fingerprint density at radius 3 is 2.38 bits per heavy atom. The minimum Gasteiger partial charge on any atom is -0.316 e. The standard InChI is InChI=1S/C11H20F3NS/c1-2-15-9-10(5-3-4-6-10)7-8-16-11(12,13)14/h15H,2-9H2,1H3. The molecular weight excluding hydrogens is 235 g/mol. The second-order valence-electron chi connectivity index (χ2n) is 4.53. The topological polar surface area (TPSA) is 12.0 Å². The molecule has 0 saturated heterocycles. The number of hydrogen-bond donors (Lipinski definition) is 1. The van der Waals surface area contributed by atoms with Crippen LogP contribution in [-0.2, 0) is 0 Å². The fourth-order valence-electron chi connectivity index (χ4n) is 2.41. The summed E-state index contributed by atoms with van der Waals surface area (Å²) >= 11 is 0.125. The summed E-state index contributed by atoms with van der Waals surface area (Å²) in [6.07, 6.45) is 5.19. The van der Waals surface area contributed by atoms with Crippen LogP contribution in [-0.4, -0.2) is 24.4 Å². The Balaban J connectivity index is 2.33. The fraction of sp³-hybridized carbons (Fsp3) is 1.00. The van der Waals surface area contributed by atoms with Crippen LogP contribution >= 0.6 is 11.8 Å². The number of halogens is 3. The third-order valence-electron chi connectivity index (χ3n) is 3.31. The molecule has 0 spiro atoms. The average Bonchev–Trinajstić information content (AvgIpc) is 2.62. The van der Waals surface area contributed by atoms with Gasteiger partial charge in [0.05, 0.1) is 0 Å². The average molecular weight is 255 g/mol. The van der Waals surface area contributed by atoms with Crippen molar-refractivity contribution in [3.63, 3.8) is 0 Å². The maximum absolute atomic E-state index is 12.1. The van der Waals surface area contributed by atoms with E-state index < -0.39 is 5.51 Å². The Labute approximate surface area is 99.6 Å². The van der Waals surface area contributed by atoms with Gasteiger partial charge >= 0.3 is 5.51 Å². The van der Waals surface area contributed by atoms with Crippen LogP contribution in [0.1, 0.15) is 39.0 Å². The van der Waals surface area contributed by atoms with Gasteiger partial charge in [0.2, 0.25) is 0 Å². The molecule has 1 saturated carbocycles. The SMILES string of the molecule is CCNCC1(CCSC(F)(F)F)CCCC1. The summed E-state index contributed by atoms with van der Waals surface area (Å²) in [7, 11) is 0. The Morgan fingerprint density at radius 1 is 1.25 bits per heavy atom. The van der Waals surface area contributed by atoms with E-state index in [2.05, 4.69) is 5.32 Å². The summed E-state index contributed by atoms with van der Waals surface area (Å²) in [6.45, 7) is 3.81. The Bertz CT molecular complexity index is 200. The smallest absolute Gasteiger partial charge is 0.316 e. The zero-order valence-corrected chi connectivity index (χ0v) is 10.5. The molecule has 1 aliphatic carbocycles. The zero-order chi connectivity index (χ0) is 12.1. The van der Waals surface area contributed by atoms with E-state index in [1.807, 2.05) is 6.92 Å². The lowest BCUT2D eigenvalue weighted by atomic mass is 9.83. The molecule has 1 rings (SSSR count). The molecule has 0 heterocycles. The van der Waals surface area contributed by atoms with Gasteiger partial charge < -0.3 is 5.32 Å². The van der Waals surface area contributed by atoms with E-state index in [9.17, 15) is 13.2 Å². The molecule has 0 bridgehead atoms. The summed E-state index contributed by atoms with van der Waals surface area (Å²) in [5, 5.41) is 3.29. The molecule has 96 valence electrons. The van der Waals surface area contributed by atoms with Crippen LogP contribution in [0.5, 0.6) is 0 Å². The zero-order valence-electron chi connectivity index (χ0n) is 9.70. The van der Waals surface area contributed by atoms with Crippen LogP contribution in [0.4, 0.5) is 13.2 Å². The molecule has 0 atom stereocenters. The largest absolute Gasteiger partial charge is 0.441 e. The first kappa shape index (κ1) is 14.2. The summed E-state index contributed by atoms with van der Waals surface area (Å²) in [4.78, 5) is 0. The normalized spacial score (nSPS) is 20.2. The van der Waals surface area contributed by atoms with Crippen molar-refractivity contribution in [3.05, 3.63) is 0 Å². The van der Waals surface area contributed by atoms with E-state index in [0.717, 1.165) is 25.9 Å². The first-order chi connectivity index (χ1) is 7.47. The van der Waals surface area contributed by atoms with Crippen LogP contribution in [0, 0.1) is 5.41 Å². The molecule has 0 aromatic rings. The highest BCUT2D eigenvalue weighted by Gasteiger charge is 2.35. The summed E-state index contributed by atoms with van der Waals surface area (Å²) < 4.78 is 36.2. The summed E-state index contributed by atoms with van der Waals surface area (Å²) in [6, 6.07) is 0. The first-order valence-electron chi connectivity index (χ1n) is 5.89. The van der Waals surface area contributed by atoms with Crippen LogP contribution in [0.25, 0.3) is 0 Å². The molecule has 0 aromatic carbocycles. The van der Waals surface area contributed by atoms with Gasteiger partial charge in [0.25, 0.3) is 0 Å². The predicted molar refractivity (Wildman–Crippen MR) is 62.6 cm³/mol. The lowest BCUT2D eigenvalue weighted by Crippen LogP contribution is -2.32. The quantitative estimate of drug-likeness (QED) is 0.774. The van der Waals surface area contributed by atoms with E-state index in [4.69, 9.17) is 0 Å². The van der Waals surface area contributed by atoms with Crippen molar-refractivity contribution in [2.75, 3.05) is 18.8 Å².